The molecule has 2 aliphatic rings. The lowest BCUT2D eigenvalue weighted by molar-refractivity contribution is 0.0118. The van der Waals surface area contributed by atoms with E-state index in [0.717, 1.165) is 82.7 Å². The van der Waals surface area contributed by atoms with Gasteiger partial charge in [0.1, 0.15) is 17.3 Å². The standard InChI is InChI=1S/C24H30Cl2N2O2.C15H14Cl2O.C9H18N2O2.C2H3N/c1-16-14-18(25)6-8-20(16)22(21-9-7-19(26)15-17(21)2)27-10-12-28(13-11-27)23(29)30-24(3,4)5;1-9-7-11(16)3-5-13(9)15(18)14-6-4-12(17)8-10(14)2;1-9(2,3)13-8(12)11-6-4-10-5-7-11;1-2-3/h6-9,14-15,22H,10-13H2,1-5H3;3-8,15,18H,1-2H3;10H,4-7H2,1-3H3;1H3. The quantitative estimate of drug-likeness (QED) is 0.203. The molecule has 0 spiro atoms. The molecule has 2 heterocycles. The maximum absolute atomic E-state index is 12.5. The average molecular weight is 958 g/mol. The zero-order valence-electron chi connectivity index (χ0n) is 39.1. The maximum Gasteiger partial charge on any atom is 0.410 e. The van der Waals surface area contributed by atoms with Gasteiger partial charge in [0, 0.05) is 79.4 Å². The highest BCUT2D eigenvalue weighted by atomic mass is 35.5. The number of benzene rings is 4. The number of aryl methyl sites for hydroxylation is 4. The Balaban J connectivity index is 0.000000271. The van der Waals surface area contributed by atoms with Gasteiger partial charge in [-0.3, -0.25) is 4.90 Å². The van der Waals surface area contributed by atoms with Crippen molar-refractivity contribution in [2.75, 3.05) is 52.4 Å². The Labute approximate surface area is 401 Å². The summed E-state index contributed by atoms with van der Waals surface area (Å²) < 4.78 is 10.8. The maximum atomic E-state index is 12.5. The van der Waals surface area contributed by atoms with Gasteiger partial charge in [0.15, 0.2) is 0 Å². The monoisotopic (exact) mass is 955 g/mol. The van der Waals surface area contributed by atoms with E-state index in [0.29, 0.717) is 23.1 Å². The van der Waals surface area contributed by atoms with E-state index < -0.39 is 11.7 Å². The van der Waals surface area contributed by atoms with Crippen LogP contribution in [0.4, 0.5) is 9.59 Å². The minimum Gasteiger partial charge on any atom is -0.444 e. The zero-order chi connectivity index (χ0) is 47.9. The molecule has 0 unspecified atom stereocenters. The van der Waals surface area contributed by atoms with Crippen molar-refractivity contribution in [2.45, 2.75) is 99.5 Å². The van der Waals surface area contributed by atoms with Gasteiger partial charge in [-0.25, -0.2) is 9.59 Å². The highest BCUT2D eigenvalue weighted by molar-refractivity contribution is 6.31. The number of aliphatic hydroxyl groups excluding tert-OH is 1. The van der Waals surface area contributed by atoms with Crippen molar-refractivity contribution in [2.24, 2.45) is 0 Å². The normalized spacial score (nSPS) is 14.3. The summed E-state index contributed by atoms with van der Waals surface area (Å²) in [5.74, 6) is 0. The van der Waals surface area contributed by atoms with Crippen molar-refractivity contribution in [3.05, 3.63) is 137 Å². The van der Waals surface area contributed by atoms with E-state index in [9.17, 15) is 14.7 Å². The van der Waals surface area contributed by atoms with Crippen LogP contribution >= 0.6 is 46.4 Å². The number of hydrogen-bond donors (Lipinski definition) is 2. The van der Waals surface area contributed by atoms with Crippen molar-refractivity contribution >= 4 is 58.6 Å². The van der Waals surface area contributed by atoms with Gasteiger partial charge >= 0.3 is 12.2 Å². The largest absolute Gasteiger partial charge is 0.444 e. The molecule has 0 saturated carbocycles. The number of nitriles is 1. The number of hydrogen-bond acceptors (Lipinski definition) is 8. The minimum absolute atomic E-state index is 0.0697. The van der Waals surface area contributed by atoms with E-state index in [1.54, 1.807) is 28.0 Å². The second-order valence-corrected chi connectivity index (χ2v) is 19.5. The first-order valence-corrected chi connectivity index (χ1v) is 22.9. The summed E-state index contributed by atoms with van der Waals surface area (Å²) in [6.07, 6.45) is -1.10. The van der Waals surface area contributed by atoms with Crippen LogP contribution in [0, 0.1) is 39.0 Å². The predicted molar refractivity (Wildman–Crippen MR) is 262 cm³/mol. The van der Waals surface area contributed by atoms with Crippen LogP contribution in [0.25, 0.3) is 0 Å². The molecule has 64 heavy (non-hydrogen) atoms. The SMILES string of the molecule is CC#N.CC(C)(C)OC(=O)N1CCNCC1.Cc1cc(Cl)ccc1C(O)c1ccc(Cl)cc1C.Cc1cc(Cl)ccc1C(c1ccc(Cl)cc1C)N1CCN(C(=O)OC(C)(C)C)CC1. The van der Waals surface area contributed by atoms with Crippen LogP contribution in [0.5, 0.6) is 0 Å². The van der Waals surface area contributed by atoms with E-state index in [2.05, 4.69) is 36.2 Å². The molecular formula is C50H65Cl4N5O5. The van der Waals surface area contributed by atoms with E-state index >= 15 is 0 Å². The molecule has 4 aromatic rings. The number of carbonyl (C=O) groups excluding carboxylic acids is 2. The van der Waals surface area contributed by atoms with Crippen LogP contribution in [0.1, 0.15) is 105 Å². The first-order valence-electron chi connectivity index (χ1n) is 21.4. The lowest BCUT2D eigenvalue weighted by Gasteiger charge is -2.40. The second kappa shape index (κ2) is 25.0. The number of nitrogens with zero attached hydrogens (tertiary/aromatic N) is 4. The molecule has 0 bridgehead atoms. The van der Waals surface area contributed by atoms with Crippen molar-refractivity contribution in [1.29, 1.82) is 5.26 Å². The molecule has 4 aromatic carbocycles. The lowest BCUT2D eigenvalue weighted by atomic mass is 9.90. The Hall–Kier alpha value is -4.05. The summed E-state index contributed by atoms with van der Waals surface area (Å²) >= 11 is 24.3. The van der Waals surface area contributed by atoms with Crippen molar-refractivity contribution in [3.8, 4) is 6.07 Å². The highest BCUT2D eigenvalue weighted by Gasteiger charge is 2.32. The van der Waals surface area contributed by atoms with Crippen LogP contribution in [0.2, 0.25) is 20.1 Å². The Bertz CT molecular complexity index is 2100. The molecule has 2 saturated heterocycles. The van der Waals surface area contributed by atoms with Crippen molar-refractivity contribution in [3.63, 3.8) is 0 Å². The number of carbonyl (C=O) groups is 2. The summed E-state index contributed by atoms with van der Waals surface area (Å²) in [5, 5.41) is 23.8. The molecule has 0 radical (unpaired) electrons. The average Bonchev–Trinajstić information content (AvgIpc) is 3.19. The minimum atomic E-state index is -0.653. The van der Waals surface area contributed by atoms with Gasteiger partial charge in [-0.15, -0.1) is 0 Å². The van der Waals surface area contributed by atoms with Crippen LogP contribution < -0.4 is 5.32 Å². The second-order valence-electron chi connectivity index (χ2n) is 17.8. The lowest BCUT2D eigenvalue weighted by Crippen LogP contribution is -2.51. The summed E-state index contributed by atoms with van der Waals surface area (Å²) in [7, 11) is 0. The predicted octanol–water partition coefficient (Wildman–Crippen LogP) is 12.3. The van der Waals surface area contributed by atoms with Crippen LogP contribution in [-0.4, -0.2) is 95.6 Å². The van der Waals surface area contributed by atoms with E-state index in [1.807, 2.05) is 104 Å². The topological polar surface area (TPSA) is 118 Å². The first kappa shape index (κ1) is 54.3. The molecule has 2 amide bonds. The van der Waals surface area contributed by atoms with Gasteiger partial charge in [-0.1, -0.05) is 70.7 Å². The highest BCUT2D eigenvalue weighted by Crippen LogP contribution is 2.36. The van der Waals surface area contributed by atoms with E-state index in [4.69, 9.17) is 61.1 Å². The number of halogens is 4. The molecule has 2 fully saturated rings. The molecule has 348 valence electrons. The molecule has 6 rings (SSSR count). The van der Waals surface area contributed by atoms with E-state index in [-0.39, 0.29) is 23.8 Å². The van der Waals surface area contributed by atoms with Crippen LogP contribution in [-0.2, 0) is 9.47 Å². The summed E-state index contributed by atoms with van der Waals surface area (Å²) in [6, 6.07) is 24.9. The first-order chi connectivity index (χ1) is 29.9. The van der Waals surface area contributed by atoms with Gasteiger partial charge in [0.05, 0.1) is 12.1 Å². The summed E-state index contributed by atoms with van der Waals surface area (Å²) in [6.45, 7) is 26.8. The Morgan fingerprint density at radius 3 is 1.19 bits per heavy atom. The third-order valence-corrected chi connectivity index (χ3v) is 11.1. The number of aliphatic hydroxyl groups is 1. The number of nitrogens with one attached hydrogen (secondary N) is 1. The Morgan fingerprint density at radius 2 is 0.891 bits per heavy atom. The molecule has 0 atom stereocenters. The van der Waals surface area contributed by atoms with Crippen LogP contribution in [0.15, 0.2) is 72.8 Å². The fourth-order valence-electron chi connectivity index (χ4n) is 7.18. The smallest absolute Gasteiger partial charge is 0.410 e. The molecule has 2 N–H and O–H groups in total. The third-order valence-electron chi connectivity index (χ3n) is 10.2. The molecule has 10 nitrogen and oxygen atoms in total. The number of rotatable bonds is 5. The van der Waals surface area contributed by atoms with E-state index in [1.165, 1.54) is 18.1 Å². The fourth-order valence-corrected chi connectivity index (χ4v) is 8.08. The number of ether oxygens (including phenoxy) is 2. The van der Waals surface area contributed by atoms with Crippen molar-refractivity contribution < 1.29 is 24.2 Å². The summed E-state index contributed by atoms with van der Waals surface area (Å²) in [4.78, 5) is 29.9. The third kappa shape index (κ3) is 17.4. The summed E-state index contributed by atoms with van der Waals surface area (Å²) in [5.41, 5.74) is 7.54. The Morgan fingerprint density at radius 1 is 0.594 bits per heavy atom. The number of amides is 2. The molecular weight excluding hydrogens is 892 g/mol. The van der Waals surface area contributed by atoms with Gasteiger partial charge < -0.3 is 29.7 Å². The molecule has 2 aliphatic heterocycles. The van der Waals surface area contributed by atoms with Gasteiger partial charge in [0.25, 0.3) is 0 Å². The van der Waals surface area contributed by atoms with Gasteiger partial charge in [-0.2, -0.15) is 5.26 Å². The van der Waals surface area contributed by atoms with Crippen LogP contribution in [0.3, 0.4) is 0 Å². The number of piperazine rings is 2. The molecule has 0 aliphatic carbocycles. The zero-order valence-corrected chi connectivity index (χ0v) is 42.1. The van der Waals surface area contributed by atoms with Gasteiger partial charge in [-0.05, 0) is 162 Å². The molecule has 0 aromatic heterocycles. The van der Waals surface area contributed by atoms with Gasteiger partial charge in [0.2, 0.25) is 0 Å². The fraction of sp³-hybridized carbons (Fsp3) is 0.460. The Kier molecular flexibility index (Phi) is 21.2. The molecule has 14 heteroatoms. The van der Waals surface area contributed by atoms with Crippen molar-refractivity contribution in [1.82, 2.24) is 20.0 Å².